The van der Waals surface area contributed by atoms with Crippen molar-refractivity contribution < 1.29 is 17.9 Å². The Morgan fingerprint density at radius 1 is 1.16 bits per heavy atom. The summed E-state index contributed by atoms with van der Waals surface area (Å²) in [5, 5.41) is 3.09. The average molecular weight is 273 g/mol. The van der Waals surface area contributed by atoms with E-state index in [-0.39, 0.29) is 6.10 Å². The number of ether oxygens (including phenoxy) is 1. The molecule has 0 amide bonds. The fraction of sp³-hybridized carbons (Fsp3) is 0.571. The van der Waals surface area contributed by atoms with E-state index in [0.29, 0.717) is 18.7 Å². The van der Waals surface area contributed by atoms with Gasteiger partial charge in [0, 0.05) is 13.2 Å². The number of halogens is 3. The van der Waals surface area contributed by atoms with Gasteiger partial charge in [-0.15, -0.1) is 0 Å². The zero-order valence-electron chi connectivity index (χ0n) is 10.7. The predicted molar refractivity (Wildman–Crippen MR) is 66.2 cm³/mol. The normalized spacial score (nSPS) is 19.6. The molecule has 2 nitrogen and oxygen atoms in total. The van der Waals surface area contributed by atoms with Crippen molar-refractivity contribution in [3.05, 3.63) is 35.1 Å². The van der Waals surface area contributed by atoms with Crippen LogP contribution in [0.5, 0.6) is 0 Å². The number of hydrogen-bond acceptors (Lipinski definition) is 2. The summed E-state index contributed by atoms with van der Waals surface area (Å²) in [7, 11) is 0. The van der Waals surface area contributed by atoms with E-state index in [1.165, 1.54) is 6.42 Å². The Bertz CT molecular complexity index is 396. The van der Waals surface area contributed by atoms with E-state index >= 15 is 0 Å². The largest absolute Gasteiger partial charge is 0.378 e. The van der Waals surface area contributed by atoms with Crippen molar-refractivity contribution in [1.29, 1.82) is 0 Å². The van der Waals surface area contributed by atoms with Gasteiger partial charge in [-0.05, 0) is 49.9 Å². The second-order valence-corrected chi connectivity index (χ2v) is 4.83. The second kappa shape index (κ2) is 6.91. The third-order valence-electron chi connectivity index (χ3n) is 3.29. The summed E-state index contributed by atoms with van der Waals surface area (Å²) in [6.07, 6.45) is 4.55. The van der Waals surface area contributed by atoms with Gasteiger partial charge in [0.1, 0.15) is 0 Å². The van der Waals surface area contributed by atoms with Crippen LogP contribution in [-0.2, 0) is 11.3 Å². The quantitative estimate of drug-likeness (QED) is 0.657. The van der Waals surface area contributed by atoms with Crippen LogP contribution in [0.3, 0.4) is 0 Å². The Morgan fingerprint density at radius 3 is 2.53 bits per heavy atom. The van der Waals surface area contributed by atoms with Crippen LogP contribution in [-0.4, -0.2) is 19.3 Å². The Labute approximate surface area is 111 Å². The maximum atomic E-state index is 13.0. The highest BCUT2D eigenvalue weighted by atomic mass is 19.2. The summed E-state index contributed by atoms with van der Waals surface area (Å²) >= 11 is 0. The van der Waals surface area contributed by atoms with E-state index in [1.54, 1.807) is 0 Å². The van der Waals surface area contributed by atoms with Gasteiger partial charge in [0.05, 0.1) is 6.10 Å². The van der Waals surface area contributed by atoms with E-state index in [2.05, 4.69) is 5.32 Å². The lowest BCUT2D eigenvalue weighted by atomic mass is 10.1. The molecule has 1 atom stereocenters. The first-order valence-electron chi connectivity index (χ1n) is 6.62. The topological polar surface area (TPSA) is 21.3 Å². The van der Waals surface area contributed by atoms with Crippen LogP contribution in [0.15, 0.2) is 12.1 Å². The molecule has 1 saturated heterocycles. The minimum Gasteiger partial charge on any atom is -0.378 e. The summed E-state index contributed by atoms with van der Waals surface area (Å²) in [5.74, 6) is -3.71. The Kier molecular flexibility index (Phi) is 5.22. The molecule has 1 N–H and O–H groups in total. The van der Waals surface area contributed by atoms with Gasteiger partial charge < -0.3 is 10.1 Å². The summed E-state index contributed by atoms with van der Waals surface area (Å²) in [5.41, 5.74) is 0.404. The first kappa shape index (κ1) is 14.3. The molecule has 0 saturated carbocycles. The van der Waals surface area contributed by atoms with E-state index < -0.39 is 17.5 Å². The number of nitrogens with one attached hydrogen (secondary N) is 1. The van der Waals surface area contributed by atoms with Crippen molar-refractivity contribution in [3.63, 3.8) is 0 Å². The van der Waals surface area contributed by atoms with Gasteiger partial charge in [0.15, 0.2) is 17.5 Å². The van der Waals surface area contributed by atoms with Gasteiger partial charge in [-0.3, -0.25) is 0 Å². The fourth-order valence-corrected chi connectivity index (χ4v) is 2.24. The van der Waals surface area contributed by atoms with Crippen LogP contribution in [0.1, 0.15) is 31.2 Å². The Balaban J connectivity index is 1.73. The highest BCUT2D eigenvalue weighted by Crippen LogP contribution is 2.15. The molecule has 5 heteroatoms. The van der Waals surface area contributed by atoms with Crippen LogP contribution in [0.2, 0.25) is 0 Å². The maximum absolute atomic E-state index is 13.0. The monoisotopic (exact) mass is 273 g/mol. The van der Waals surface area contributed by atoms with Crippen molar-refractivity contribution >= 4 is 0 Å². The Morgan fingerprint density at radius 2 is 1.89 bits per heavy atom. The minimum atomic E-state index is -1.42. The Hall–Kier alpha value is -1.07. The summed E-state index contributed by atoms with van der Waals surface area (Å²) < 4.78 is 44.3. The molecule has 0 aromatic heterocycles. The van der Waals surface area contributed by atoms with Crippen molar-refractivity contribution in [2.45, 2.75) is 38.3 Å². The molecule has 0 bridgehead atoms. The third-order valence-corrected chi connectivity index (χ3v) is 3.29. The molecule has 1 aromatic rings. The highest BCUT2D eigenvalue weighted by molar-refractivity contribution is 5.19. The van der Waals surface area contributed by atoms with Crippen molar-refractivity contribution in [2.75, 3.05) is 13.2 Å². The van der Waals surface area contributed by atoms with Crippen LogP contribution in [0.4, 0.5) is 13.2 Å². The zero-order chi connectivity index (χ0) is 13.7. The molecular formula is C14H18F3NO. The molecule has 1 unspecified atom stereocenters. The summed E-state index contributed by atoms with van der Waals surface area (Å²) in [6, 6.07) is 2.03. The number of rotatable bonds is 5. The average Bonchev–Trinajstić information content (AvgIpc) is 2.42. The third kappa shape index (κ3) is 4.21. The van der Waals surface area contributed by atoms with Crippen LogP contribution < -0.4 is 5.32 Å². The first-order valence-corrected chi connectivity index (χ1v) is 6.62. The van der Waals surface area contributed by atoms with Crippen molar-refractivity contribution in [3.8, 4) is 0 Å². The van der Waals surface area contributed by atoms with Crippen molar-refractivity contribution in [2.24, 2.45) is 0 Å². The van der Waals surface area contributed by atoms with Crippen molar-refractivity contribution in [1.82, 2.24) is 5.32 Å². The lowest BCUT2D eigenvalue weighted by Crippen LogP contribution is -2.25. The van der Waals surface area contributed by atoms with Gasteiger partial charge in [-0.2, -0.15) is 0 Å². The molecule has 0 spiro atoms. The van der Waals surface area contributed by atoms with Gasteiger partial charge >= 0.3 is 0 Å². The van der Waals surface area contributed by atoms with Crippen LogP contribution in [0, 0.1) is 17.5 Å². The maximum Gasteiger partial charge on any atom is 0.194 e. The van der Waals surface area contributed by atoms with Gasteiger partial charge in [-0.1, -0.05) is 0 Å². The van der Waals surface area contributed by atoms with E-state index in [9.17, 15) is 13.2 Å². The summed E-state index contributed by atoms with van der Waals surface area (Å²) in [6.45, 7) is 1.85. The van der Waals surface area contributed by atoms with E-state index in [0.717, 1.165) is 38.0 Å². The second-order valence-electron chi connectivity index (χ2n) is 4.83. The molecule has 1 heterocycles. The molecule has 1 fully saturated rings. The number of benzene rings is 1. The highest BCUT2D eigenvalue weighted by Gasteiger charge is 2.13. The van der Waals surface area contributed by atoms with Gasteiger partial charge in [-0.25, -0.2) is 13.2 Å². The lowest BCUT2D eigenvalue weighted by molar-refractivity contribution is 0.0115. The van der Waals surface area contributed by atoms with Gasteiger partial charge in [0.25, 0.3) is 0 Å². The molecular weight excluding hydrogens is 255 g/mol. The summed E-state index contributed by atoms with van der Waals surface area (Å²) in [4.78, 5) is 0. The molecule has 19 heavy (non-hydrogen) atoms. The molecule has 1 aromatic carbocycles. The van der Waals surface area contributed by atoms with Gasteiger partial charge in [0.2, 0.25) is 0 Å². The minimum absolute atomic E-state index is 0.281. The first-order chi connectivity index (χ1) is 9.16. The molecule has 1 aliphatic rings. The van der Waals surface area contributed by atoms with Crippen LogP contribution >= 0.6 is 0 Å². The molecule has 106 valence electrons. The van der Waals surface area contributed by atoms with E-state index in [4.69, 9.17) is 4.74 Å². The number of hydrogen-bond donors (Lipinski definition) is 1. The van der Waals surface area contributed by atoms with E-state index in [1.807, 2.05) is 0 Å². The SMILES string of the molecule is Fc1cc(CNCCC2CCCCO2)cc(F)c1F. The fourth-order valence-electron chi connectivity index (χ4n) is 2.24. The molecule has 0 radical (unpaired) electrons. The molecule has 2 rings (SSSR count). The smallest absolute Gasteiger partial charge is 0.194 e. The van der Waals surface area contributed by atoms with Crippen LogP contribution in [0.25, 0.3) is 0 Å². The zero-order valence-corrected chi connectivity index (χ0v) is 10.7. The lowest BCUT2D eigenvalue weighted by Gasteiger charge is -2.22. The molecule has 1 aliphatic heterocycles. The molecule has 0 aliphatic carbocycles. The predicted octanol–water partition coefficient (Wildman–Crippen LogP) is 3.15. The standard InChI is InChI=1S/C14H18F3NO/c15-12-7-10(8-13(16)14(12)17)9-18-5-4-11-3-1-2-6-19-11/h7-8,11,18H,1-6,9H2.